The Bertz CT molecular complexity index is 986. The van der Waals surface area contributed by atoms with Crippen molar-refractivity contribution in [1.82, 2.24) is 4.57 Å². The molecule has 2 aliphatic rings. The Morgan fingerprint density at radius 2 is 2.19 bits per heavy atom. The van der Waals surface area contributed by atoms with Crippen molar-refractivity contribution in [2.75, 3.05) is 37.2 Å². The van der Waals surface area contributed by atoms with Gasteiger partial charge in [0.05, 0.1) is 18.0 Å². The van der Waals surface area contributed by atoms with Crippen LogP contribution >= 0.6 is 7.92 Å². The number of carboxylic acid groups (broad SMARTS) is 1. The second-order valence-electron chi connectivity index (χ2n) is 7.07. The van der Waals surface area contributed by atoms with Crippen LogP contribution in [0.4, 0.5) is 10.1 Å². The lowest BCUT2D eigenvalue weighted by atomic mass is 10.1. The van der Waals surface area contributed by atoms with Gasteiger partial charge in [0.2, 0.25) is 5.43 Å². The average molecular weight is 392 g/mol. The van der Waals surface area contributed by atoms with Crippen LogP contribution in [0.25, 0.3) is 10.9 Å². The summed E-state index contributed by atoms with van der Waals surface area (Å²) in [6.07, 6.45) is 6.15. The van der Waals surface area contributed by atoms with Crippen LogP contribution in [0.15, 0.2) is 17.1 Å². The second-order valence-corrected chi connectivity index (χ2v) is 9.77. The van der Waals surface area contributed by atoms with Crippen LogP contribution in [-0.4, -0.2) is 47.9 Å². The monoisotopic (exact) mass is 392 g/mol. The summed E-state index contributed by atoms with van der Waals surface area (Å²) in [6, 6.07) is 1.30. The smallest absolute Gasteiger partial charge is 0.341 e. The van der Waals surface area contributed by atoms with Crippen molar-refractivity contribution in [3.8, 4) is 5.75 Å². The third-order valence-corrected chi connectivity index (χ3v) is 7.86. The lowest BCUT2D eigenvalue weighted by Crippen LogP contribution is -2.23. The minimum Gasteiger partial charge on any atom is -0.492 e. The van der Waals surface area contributed by atoms with Gasteiger partial charge < -0.3 is 19.3 Å². The molecular weight excluding hydrogens is 370 g/mol. The van der Waals surface area contributed by atoms with E-state index in [-0.39, 0.29) is 24.9 Å². The maximum Gasteiger partial charge on any atom is 0.341 e. The maximum atomic E-state index is 15.1. The number of hydrogen-bond acceptors (Lipinski definition) is 4. The predicted molar refractivity (Wildman–Crippen MR) is 104 cm³/mol. The molecule has 1 unspecified atom stereocenters. The van der Waals surface area contributed by atoms with E-state index in [4.69, 9.17) is 4.74 Å². The zero-order chi connectivity index (χ0) is 19.3. The Morgan fingerprint density at radius 3 is 2.74 bits per heavy atom. The van der Waals surface area contributed by atoms with Crippen molar-refractivity contribution in [2.24, 2.45) is 0 Å². The van der Waals surface area contributed by atoms with Gasteiger partial charge in [0.1, 0.15) is 11.3 Å². The van der Waals surface area contributed by atoms with E-state index in [0.717, 1.165) is 38.0 Å². The molecule has 1 aliphatic heterocycles. The number of carbonyl (C=O) groups is 1. The van der Waals surface area contributed by atoms with Crippen molar-refractivity contribution in [3.63, 3.8) is 0 Å². The normalized spacial score (nSPS) is 19.7. The van der Waals surface area contributed by atoms with Crippen molar-refractivity contribution in [2.45, 2.75) is 25.8 Å². The van der Waals surface area contributed by atoms with Crippen molar-refractivity contribution < 1.29 is 19.0 Å². The molecule has 6 nitrogen and oxygen atoms in total. The number of aromatic carboxylic acids is 1. The minimum absolute atomic E-state index is 0.0665. The van der Waals surface area contributed by atoms with Crippen LogP contribution in [-0.2, 0) is 0 Å². The van der Waals surface area contributed by atoms with Gasteiger partial charge in [0.25, 0.3) is 0 Å². The van der Waals surface area contributed by atoms with Crippen LogP contribution in [0.5, 0.6) is 5.75 Å². The number of ether oxygens (including phenoxy) is 1. The average Bonchev–Trinajstić information content (AvgIpc) is 3.38. The van der Waals surface area contributed by atoms with E-state index >= 15 is 4.39 Å². The molecule has 1 aliphatic carbocycles. The lowest BCUT2D eigenvalue weighted by Gasteiger charge is -2.24. The first-order valence-electron chi connectivity index (χ1n) is 9.12. The van der Waals surface area contributed by atoms with Crippen LogP contribution in [0.3, 0.4) is 0 Å². The molecule has 1 saturated heterocycles. The SMILES string of the molecule is CCP1CCN(c2c(F)cc3c(=O)c(C(=O)O)cn(C4CC4)c3c2OC)C1. The number of methoxy groups -OCH3 is 1. The number of carboxylic acids is 1. The molecule has 0 radical (unpaired) electrons. The highest BCUT2D eigenvalue weighted by molar-refractivity contribution is 7.58. The number of nitrogens with zero attached hydrogens (tertiary/aromatic N) is 2. The molecule has 144 valence electrons. The molecule has 0 amide bonds. The zero-order valence-corrected chi connectivity index (χ0v) is 16.3. The van der Waals surface area contributed by atoms with Crippen molar-refractivity contribution in [1.29, 1.82) is 0 Å². The quantitative estimate of drug-likeness (QED) is 0.789. The van der Waals surface area contributed by atoms with E-state index < -0.39 is 17.2 Å². The summed E-state index contributed by atoms with van der Waals surface area (Å²) in [5, 5.41) is 9.45. The van der Waals surface area contributed by atoms with E-state index in [1.165, 1.54) is 19.4 Å². The zero-order valence-electron chi connectivity index (χ0n) is 15.4. The van der Waals surface area contributed by atoms with Crippen LogP contribution < -0.4 is 15.1 Å². The highest BCUT2D eigenvalue weighted by Crippen LogP contribution is 2.48. The van der Waals surface area contributed by atoms with Crippen LogP contribution in [0.1, 0.15) is 36.2 Å². The number of rotatable bonds is 5. The molecule has 4 rings (SSSR count). The fourth-order valence-electron chi connectivity index (χ4n) is 3.81. The van der Waals surface area contributed by atoms with Crippen LogP contribution in [0, 0.1) is 5.82 Å². The van der Waals surface area contributed by atoms with Gasteiger partial charge in [-0.25, -0.2) is 9.18 Å². The molecule has 1 N–H and O–H groups in total. The first-order valence-corrected chi connectivity index (χ1v) is 11.0. The molecule has 1 atom stereocenters. The van der Waals surface area contributed by atoms with E-state index in [1.807, 2.05) is 4.90 Å². The van der Waals surface area contributed by atoms with E-state index in [9.17, 15) is 14.7 Å². The Kier molecular flexibility index (Phi) is 4.58. The molecule has 1 aromatic carbocycles. The molecule has 0 bridgehead atoms. The number of aromatic nitrogens is 1. The van der Waals surface area contributed by atoms with Gasteiger partial charge in [0, 0.05) is 25.1 Å². The molecule has 1 aromatic heterocycles. The topological polar surface area (TPSA) is 71.8 Å². The number of benzene rings is 1. The molecule has 27 heavy (non-hydrogen) atoms. The van der Waals surface area contributed by atoms with E-state index in [0.29, 0.717) is 17.0 Å². The minimum atomic E-state index is -1.30. The first-order chi connectivity index (χ1) is 13.0. The van der Waals surface area contributed by atoms with E-state index in [1.54, 1.807) is 4.57 Å². The summed E-state index contributed by atoms with van der Waals surface area (Å²) in [4.78, 5) is 26.2. The summed E-state index contributed by atoms with van der Waals surface area (Å²) < 4.78 is 22.5. The molecular formula is C19H22FN2O4P. The van der Waals surface area contributed by atoms with Gasteiger partial charge in [0.15, 0.2) is 11.6 Å². The highest BCUT2D eigenvalue weighted by Gasteiger charge is 2.32. The summed E-state index contributed by atoms with van der Waals surface area (Å²) in [6.45, 7) is 2.92. The highest BCUT2D eigenvalue weighted by atomic mass is 31.1. The predicted octanol–water partition coefficient (Wildman–Crippen LogP) is 3.46. The Balaban J connectivity index is 2.01. The molecule has 8 heteroatoms. The van der Waals surface area contributed by atoms with Gasteiger partial charge >= 0.3 is 5.97 Å². The Labute approximate surface area is 157 Å². The number of hydrogen-bond donors (Lipinski definition) is 1. The van der Waals surface area contributed by atoms with Crippen molar-refractivity contribution >= 4 is 30.5 Å². The molecule has 1 saturated carbocycles. The number of anilines is 1. The third-order valence-electron chi connectivity index (χ3n) is 5.39. The standard InChI is InChI=1S/C19H22FN2O4P/c1-3-27-7-6-21(10-27)16-14(20)8-12-15(18(16)26-2)22(11-4-5-11)9-13(17(12)23)19(24)25/h8-9,11H,3-7,10H2,1-2H3,(H,24,25). The summed E-state index contributed by atoms with van der Waals surface area (Å²) in [7, 11) is 1.33. The van der Waals surface area contributed by atoms with Gasteiger partial charge in [-0.1, -0.05) is 14.8 Å². The molecule has 0 spiro atoms. The Morgan fingerprint density at radius 1 is 1.44 bits per heavy atom. The summed E-state index contributed by atoms with van der Waals surface area (Å²) in [5.74, 6) is -1.50. The number of fused-ring (bicyclic) bond motifs is 1. The van der Waals surface area contributed by atoms with Gasteiger partial charge in [-0.2, -0.15) is 0 Å². The summed E-state index contributed by atoms with van der Waals surface area (Å²) in [5.41, 5.74) is -0.117. The second kappa shape index (κ2) is 6.79. The summed E-state index contributed by atoms with van der Waals surface area (Å²) >= 11 is 0. The molecule has 2 heterocycles. The van der Waals surface area contributed by atoms with Gasteiger partial charge in [-0.3, -0.25) is 4.79 Å². The lowest BCUT2D eigenvalue weighted by molar-refractivity contribution is 0.0695. The van der Waals surface area contributed by atoms with Crippen LogP contribution in [0.2, 0.25) is 0 Å². The fourth-order valence-corrected chi connectivity index (χ4v) is 5.76. The third kappa shape index (κ3) is 2.98. The van der Waals surface area contributed by atoms with Gasteiger partial charge in [-0.05, 0) is 31.2 Å². The first kappa shape index (κ1) is 18.2. The Hall–Kier alpha value is -2.14. The van der Waals surface area contributed by atoms with Crippen molar-refractivity contribution in [3.05, 3.63) is 33.9 Å². The largest absolute Gasteiger partial charge is 0.492 e. The maximum absolute atomic E-state index is 15.1. The fraction of sp³-hybridized carbons (Fsp3) is 0.474. The molecule has 2 fully saturated rings. The molecule has 2 aromatic rings. The van der Waals surface area contributed by atoms with Gasteiger partial charge in [-0.15, -0.1) is 0 Å². The number of halogens is 1. The number of pyridine rings is 1. The van der Waals surface area contributed by atoms with E-state index in [2.05, 4.69) is 6.92 Å².